The fraction of sp³-hybridized carbons (Fsp3) is 0.700. The van der Waals surface area contributed by atoms with Gasteiger partial charge in [0.2, 0.25) is 0 Å². The number of nitrogens with zero attached hydrogens (tertiary/aromatic N) is 1. The van der Waals surface area contributed by atoms with Crippen molar-refractivity contribution in [3.63, 3.8) is 0 Å². The number of hydrogen-bond donors (Lipinski definition) is 0. The van der Waals surface area contributed by atoms with Crippen molar-refractivity contribution in [1.29, 1.82) is 5.26 Å². The molecule has 0 N–H and O–H groups in total. The van der Waals surface area contributed by atoms with Crippen LogP contribution >= 0.6 is 0 Å². The first-order valence-corrected chi connectivity index (χ1v) is 4.53. The zero-order valence-electron chi connectivity index (χ0n) is 7.96. The predicted molar refractivity (Wildman–Crippen MR) is 46.7 cm³/mol. The van der Waals surface area contributed by atoms with Crippen molar-refractivity contribution in [2.45, 2.75) is 33.1 Å². The summed E-state index contributed by atoms with van der Waals surface area (Å²) in [6.45, 7) is 3.60. The highest BCUT2D eigenvalue weighted by atomic mass is 16.2. The van der Waals surface area contributed by atoms with Gasteiger partial charge in [0, 0.05) is 6.42 Å². The molecule has 0 saturated heterocycles. The van der Waals surface area contributed by atoms with Crippen LogP contribution in [-0.2, 0) is 9.59 Å². The number of carbonyl (C=O) groups is 2. The lowest BCUT2D eigenvalue weighted by Gasteiger charge is -2.18. The van der Waals surface area contributed by atoms with Gasteiger partial charge in [-0.2, -0.15) is 5.26 Å². The summed E-state index contributed by atoms with van der Waals surface area (Å²) in [4.78, 5) is 23.1. The van der Waals surface area contributed by atoms with Crippen LogP contribution in [0.25, 0.3) is 0 Å². The quantitative estimate of drug-likeness (QED) is 0.603. The molecule has 3 nitrogen and oxygen atoms in total. The molecule has 1 fully saturated rings. The largest absolute Gasteiger partial charge is 0.299 e. The van der Waals surface area contributed by atoms with Gasteiger partial charge < -0.3 is 0 Å². The van der Waals surface area contributed by atoms with Gasteiger partial charge in [-0.15, -0.1) is 0 Å². The molecule has 1 saturated carbocycles. The maximum absolute atomic E-state index is 11.6. The molecule has 0 aromatic heterocycles. The highest BCUT2D eigenvalue weighted by molar-refractivity contribution is 6.14. The Morgan fingerprint density at radius 1 is 1.62 bits per heavy atom. The highest BCUT2D eigenvalue weighted by Crippen LogP contribution is 2.38. The molecule has 1 rings (SSSR count). The molecule has 1 aliphatic rings. The molecule has 3 heteroatoms. The van der Waals surface area contributed by atoms with Crippen molar-refractivity contribution in [2.75, 3.05) is 0 Å². The van der Waals surface area contributed by atoms with Crippen LogP contribution in [0.5, 0.6) is 0 Å². The van der Waals surface area contributed by atoms with Gasteiger partial charge in [0.05, 0.1) is 11.5 Å². The second-order valence-corrected chi connectivity index (χ2v) is 3.76. The molecular formula is C10H13NO2. The monoisotopic (exact) mass is 179 g/mol. The van der Waals surface area contributed by atoms with E-state index >= 15 is 0 Å². The summed E-state index contributed by atoms with van der Waals surface area (Å²) in [6, 6.07) is 1.89. The van der Waals surface area contributed by atoms with Gasteiger partial charge in [-0.05, 0) is 13.3 Å². The Labute approximate surface area is 77.7 Å². The van der Waals surface area contributed by atoms with Gasteiger partial charge in [0.15, 0.2) is 5.78 Å². The number of Topliss-reactive ketones (excluding diaryl/α,β-unsaturated/α-hetero) is 2. The zero-order chi connectivity index (χ0) is 10.1. The Bertz CT molecular complexity index is 290. The van der Waals surface area contributed by atoms with Gasteiger partial charge in [-0.25, -0.2) is 0 Å². The number of carbonyl (C=O) groups excluding carboxylic acids is 2. The van der Waals surface area contributed by atoms with E-state index < -0.39 is 11.3 Å². The average molecular weight is 179 g/mol. The van der Waals surface area contributed by atoms with E-state index in [2.05, 4.69) is 0 Å². The van der Waals surface area contributed by atoms with Crippen LogP contribution in [-0.4, -0.2) is 11.6 Å². The number of hydrogen-bond acceptors (Lipinski definition) is 3. The van der Waals surface area contributed by atoms with E-state index in [4.69, 9.17) is 5.26 Å². The Morgan fingerprint density at radius 2 is 2.23 bits per heavy atom. The molecule has 0 bridgehead atoms. The van der Waals surface area contributed by atoms with E-state index in [0.29, 0.717) is 6.42 Å². The van der Waals surface area contributed by atoms with Crippen molar-refractivity contribution in [3.05, 3.63) is 0 Å². The fourth-order valence-electron chi connectivity index (χ4n) is 1.89. The lowest BCUT2D eigenvalue weighted by molar-refractivity contribution is -0.134. The van der Waals surface area contributed by atoms with E-state index in [0.717, 1.165) is 6.42 Å². The van der Waals surface area contributed by atoms with Crippen molar-refractivity contribution in [1.82, 2.24) is 0 Å². The van der Waals surface area contributed by atoms with E-state index in [1.807, 2.05) is 13.0 Å². The SMILES string of the molecule is CCCC1(C)C(=O)CC(C#N)C1=O. The number of rotatable bonds is 2. The molecule has 0 heterocycles. The Kier molecular flexibility index (Phi) is 2.51. The topological polar surface area (TPSA) is 57.9 Å². The molecule has 70 valence electrons. The van der Waals surface area contributed by atoms with Crippen LogP contribution in [0.3, 0.4) is 0 Å². The summed E-state index contributed by atoms with van der Waals surface area (Å²) in [5.74, 6) is -0.934. The molecule has 0 radical (unpaired) electrons. The summed E-state index contributed by atoms with van der Waals surface area (Å²) in [5, 5.41) is 8.63. The minimum atomic E-state index is -0.866. The molecule has 0 aromatic carbocycles. The zero-order valence-corrected chi connectivity index (χ0v) is 7.96. The summed E-state index contributed by atoms with van der Waals surface area (Å²) in [6.07, 6.45) is 1.49. The van der Waals surface area contributed by atoms with Gasteiger partial charge in [0.1, 0.15) is 11.7 Å². The van der Waals surface area contributed by atoms with Gasteiger partial charge in [0.25, 0.3) is 0 Å². The van der Waals surface area contributed by atoms with Crippen LogP contribution < -0.4 is 0 Å². The third kappa shape index (κ3) is 1.37. The second-order valence-electron chi connectivity index (χ2n) is 3.76. The second kappa shape index (κ2) is 3.29. The first-order chi connectivity index (χ1) is 6.06. The third-order valence-electron chi connectivity index (χ3n) is 2.77. The summed E-state index contributed by atoms with van der Waals surface area (Å²) >= 11 is 0. The molecular weight excluding hydrogens is 166 g/mol. The van der Waals surface area contributed by atoms with Crippen LogP contribution in [0.2, 0.25) is 0 Å². The van der Waals surface area contributed by atoms with E-state index in [1.54, 1.807) is 6.92 Å². The van der Waals surface area contributed by atoms with Gasteiger partial charge in [-0.1, -0.05) is 13.3 Å². The number of ketones is 2. The highest BCUT2D eigenvalue weighted by Gasteiger charge is 2.50. The maximum atomic E-state index is 11.6. The van der Waals surface area contributed by atoms with Gasteiger partial charge in [-0.3, -0.25) is 9.59 Å². The lowest BCUT2D eigenvalue weighted by atomic mass is 9.81. The van der Waals surface area contributed by atoms with Gasteiger partial charge >= 0.3 is 0 Å². The first-order valence-electron chi connectivity index (χ1n) is 4.53. The van der Waals surface area contributed by atoms with Crippen molar-refractivity contribution in [3.8, 4) is 6.07 Å². The summed E-state index contributed by atoms with van der Waals surface area (Å²) in [7, 11) is 0. The normalized spacial score (nSPS) is 33.5. The third-order valence-corrected chi connectivity index (χ3v) is 2.77. The minimum absolute atomic E-state index is 0.0640. The van der Waals surface area contributed by atoms with Crippen molar-refractivity contribution >= 4 is 11.6 Å². The predicted octanol–water partition coefficient (Wildman–Crippen LogP) is 1.47. The maximum Gasteiger partial charge on any atom is 0.163 e. The Balaban J connectivity index is 2.94. The molecule has 2 atom stereocenters. The van der Waals surface area contributed by atoms with E-state index in [-0.39, 0.29) is 18.0 Å². The van der Waals surface area contributed by atoms with E-state index in [1.165, 1.54) is 0 Å². The molecule has 0 aliphatic heterocycles. The van der Waals surface area contributed by atoms with Crippen LogP contribution in [0, 0.1) is 22.7 Å². The smallest absolute Gasteiger partial charge is 0.163 e. The molecule has 2 unspecified atom stereocenters. The summed E-state index contributed by atoms with van der Waals surface area (Å²) in [5.41, 5.74) is -0.866. The number of nitriles is 1. The van der Waals surface area contributed by atoms with Crippen molar-refractivity contribution < 1.29 is 9.59 Å². The average Bonchev–Trinajstić information content (AvgIpc) is 2.31. The molecule has 13 heavy (non-hydrogen) atoms. The first kappa shape index (κ1) is 9.91. The minimum Gasteiger partial charge on any atom is -0.299 e. The Morgan fingerprint density at radius 3 is 2.62 bits per heavy atom. The summed E-state index contributed by atoms with van der Waals surface area (Å²) < 4.78 is 0. The molecule has 0 amide bonds. The molecule has 1 aliphatic carbocycles. The van der Waals surface area contributed by atoms with E-state index in [9.17, 15) is 9.59 Å². The van der Waals surface area contributed by atoms with Crippen LogP contribution in [0.4, 0.5) is 0 Å². The molecule has 0 aromatic rings. The van der Waals surface area contributed by atoms with Crippen LogP contribution in [0.1, 0.15) is 33.1 Å². The fourth-order valence-corrected chi connectivity index (χ4v) is 1.89. The standard InChI is InChI=1S/C10H13NO2/c1-3-4-10(2)8(12)5-7(6-11)9(10)13/h7H,3-5H2,1-2H3. The van der Waals surface area contributed by atoms with Crippen molar-refractivity contribution in [2.24, 2.45) is 11.3 Å². The van der Waals surface area contributed by atoms with Crippen LogP contribution in [0.15, 0.2) is 0 Å². The molecule has 0 spiro atoms. The Hall–Kier alpha value is -1.17. The lowest BCUT2D eigenvalue weighted by Crippen LogP contribution is -2.30.